The van der Waals surface area contributed by atoms with Crippen molar-refractivity contribution in [2.24, 2.45) is 11.3 Å². The Balaban J connectivity index is 0.00000242. The largest absolute Gasteiger partial charge is 0.381 e. The summed E-state index contributed by atoms with van der Waals surface area (Å²) in [6, 6.07) is 0.304. The van der Waals surface area contributed by atoms with Crippen LogP contribution < -0.4 is 10.6 Å². The Labute approximate surface area is 141 Å². The van der Waals surface area contributed by atoms with Gasteiger partial charge < -0.3 is 15.4 Å². The molecule has 130 valence electrons. The van der Waals surface area contributed by atoms with Crippen LogP contribution in [0.25, 0.3) is 0 Å². The first kappa shape index (κ1) is 19.7. The standard InChI is InChI=1S/C17H32N2O2.ClH/c1-4-17(5-2)14(12-15(17)21-3)19-16(20)7-6-13-8-10-18-11-9-13;/h13-15,18H,4-12H2,1-3H3,(H,19,20);1H. The molecule has 0 aromatic heterocycles. The molecule has 2 unspecified atom stereocenters. The minimum Gasteiger partial charge on any atom is -0.381 e. The number of carbonyl (C=O) groups excluding carboxylic acids is 1. The molecule has 2 atom stereocenters. The van der Waals surface area contributed by atoms with Gasteiger partial charge in [-0.15, -0.1) is 12.4 Å². The monoisotopic (exact) mass is 332 g/mol. The van der Waals surface area contributed by atoms with Crippen molar-refractivity contribution in [1.82, 2.24) is 10.6 Å². The van der Waals surface area contributed by atoms with Crippen LogP contribution in [0, 0.1) is 11.3 Å². The van der Waals surface area contributed by atoms with Crippen molar-refractivity contribution in [3.05, 3.63) is 0 Å². The lowest BCUT2D eigenvalue weighted by molar-refractivity contribution is -0.141. The highest BCUT2D eigenvalue weighted by Crippen LogP contribution is 2.48. The quantitative estimate of drug-likeness (QED) is 0.753. The van der Waals surface area contributed by atoms with E-state index in [9.17, 15) is 4.79 Å². The predicted octanol–water partition coefficient (Wildman–Crippen LogP) is 2.90. The maximum Gasteiger partial charge on any atom is 0.220 e. The zero-order chi connectivity index (χ0) is 15.3. The molecule has 1 aliphatic heterocycles. The van der Waals surface area contributed by atoms with Gasteiger partial charge in [0.15, 0.2) is 0 Å². The highest BCUT2D eigenvalue weighted by molar-refractivity contribution is 5.85. The Morgan fingerprint density at radius 2 is 1.91 bits per heavy atom. The number of carbonyl (C=O) groups is 1. The van der Waals surface area contributed by atoms with E-state index in [4.69, 9.17) is 4.74 Å². The van der Waals surface area contributed by atoms with E-state index < -0.39 is 0 Å². The summed E-state index contributed by atoms with van der Waals surface area (Å²) in [6.45, 7) is 6.64. The van der Waals surface area contributed by atoms with E-state index in [0.29, 0.717) is 18.6 Å². The molecule has 2 rings (SSSR count). The normalized spacial score (nSPS) is 27.6. The third kappa shape index (κ3) is 4.15. The number of piperidine rings is 1. The fourth-order valence-electron chi connectivity index (χ4n) is 4.25. The number of nitrogens with one attached hydrogen (secondary N) is 2. The van der Waals surface area contributed by atoms with E-state index >= 15 is 0 Å². The maximum atomic E-state index is 12.2. The van der Waals surface area contributed by atoms with E-state index in [1.165, 1.54) is 12.8 Å². The molecule has 0 radical (unpaired) electrons. The van der Waals surface area contributed by atoms with Gasteiger partial charge in [0, 0.05) is 25.0 Å². The van der Waals surface area contributed by atoms with Crippen molar-refractivity contribution in [2.45, 2.75) is 70.9 Å². The molecular formula is C17H33ClN2O2. The predicted molar refractivity (Wildman–Crippen MR) is 92.4 cm³/mol. The number of hydrogen-bond donors (Lipinski definition) is 2. The number of halogens is 1. The highest BCUT2D eigenvalue weighted by Gasteiger charge is 2.53. The molecule has 0 aromatic carbocycles. The third-order valence-corrected chi connectivity index (χ3v) is 5.96. The van der Waals surface area contributed by atoms with Gasteiger partial charge in [-0.25, -0.2) is 0 Å². The third-order valence-electron chi connectivity index (χ3n) is 5.96. The molecule has 1 aliphatic carbocycles. The van der Waals surface area contributed by atoms with Crippen LogP contribution >= 0.6 is 12.4 Å². The molecule has 1 saturated heterocycles. The van der Waals surface area contributed by atoms with E-state index in [0.717, 1.165) is 44.7 Å². The molecule has 22 heavy (non-hydrogen) atoms. The van der Waals surface area contributed by atoms with Gasteiger partial charge in [-0.05, 0) is 57.5 Å². The van der Waals surface area contributed by atoms with Crippen molar-refractivity contribution in [2.75, 3.05) is 20.2 Å². The summed E-state index contributed by atoms with van der Waals surface area (Å²) in [5, 5.41) is 6.65. The van der Waals surface area contributed by atoms with Crippen molar-refractivity contribution in [3.8, 4) is 0 Å². The van der Waals surface area contributed by atoms with Crippen LogP contribution in [0.3, 0.4) is 0 Å². The average molecular weight is 333 g/mol. The summed E-state index contributed by atoms with van der Waals surface area (Å²) < 4.78 is 5.59. The molecule has 1 saturated carbocycles. The number of hydrogen-bond acceptors (Lipinski definition) is 3. The van der Waals surface area contributed by atoms with Crippen molar-refractivity contribution < 1.29 is 9.53 Å². The lowest BCUT2D eigenvalue weighted by Gasteiger charge is -2.55. The summed E-state index contributed by atoms with van der Waals surface area (Å²) in [6.07, 6.45) is 7.58. The molecule has 0 bridgehead atoms. The molecule has 0 aromatic rings. The molecule has 2 N–H and O–H groups in total. The Bertz CT molecular complexity index is 342. The first-order valence-electron chi connectivity index (χ1n) is 8.69. The van der Waals surface area contributed by atoms with Gasteiger partial charge in [-0.1, -0.05) is 13.8 Å². The van der Waals surface area contributed by atoms with Gasteiger partial charge in [0.1, 0.15) is 0 Å². The molecule has 2 aliphatic rings. The number of methoxy groups -OCH3 is 1. The van der Waals surface area contributed by atoms with E-state index in [1.807, 2.05) is 0 Å². The van der Waals surface area contributed by atoms with E-state index in [1.54, 1.807) is 7.11 Å². The zero-order valence-corrected chi connectivity index (χ0v) is 15.1. The Hall–Kier alpha value is -0.320. The minimum atomic E-state index is 0. The van der Waals surface area contributed by atoms with E-state index in [-0.39, 0.29) is 23.7 Å². The van der Waals surface area contributed by atoms with Crippen molar-refractivity contribution in [3.63, 3.8) is 0 Å². The van der Waals surface area contributed by atoms with Gasteiger partial charge in [-0.3, -0.25) is 4.79 Å². The fourth-order valence-corrected chi connectivity index (χ4v) is 4.25. The fraction of sp³-hybridized carbons (Fsp3) is 0.941. The number of ether oxygens (including phenoxy) is 1. The van der Waals surface area contributed by atoms with Crippen LogP contribution in [0.15, 0.2) is 0 Å². The lowest BCUT2D eigenvalue weighted by Crippen LogP contribution is -2.64. The van der Waals surface area contributed by atoms with Gasteiger partial charge >= 0.3 is 0 Å². The van der Waals surface area contributed by atoms with Crippen LogP contribution in [0.2, 0.25) is 0 Å². The van der Waals surface area contributed by atoms with Gasteiger partial charge in [0.05, 0.1) is 6.10 Å². The van der Waals surface area contributed by atoms with E-state index in [2.05, 4.69) is 24.5 Å². The summed E-state index contributed by atoms with van der Waals surface area (Å²) in [5.74, 6) is 0.964. The second kappa shape index (κ2) is 9.09. The van der Waals surface area contributed by atoms with Crippen LogP contribution in [0.4, 0.5) is 0 Å². The minimum absolute atomic E-state index is 0. The molecule has 1 amide bonds. The van der Waals surface area contributed by atoms with Crippen molar-refractivity contribution >= 4 is 18.3 Å². The molecule has 5 heteroatoms. The number of amides is 1. The summed E-state index contributed by atoms with van der Waals surface area (Å²) in [4.78, 5) is 12.2. The Morgan fingerprint density at radius 1 is 1.27 bits per heavy atom. The first-order valence-corrected chi connectivity index (χ1v) is 8.69. The maximum absolute atomic E-state index is 12.2. The Morgan fingerprint density at radius 3 is 2.45 bits per heavy atom. The van der Waals surface area contributed by atoms with Crippen LogP contribution in [-0.2, 0) is 9.53 Å². The first-order chi connectivity index (χ1) is 10.2. The molecular weight excluding hydrogens is 300 g/mol. The summed E-state index contributed by atoms with van der Waals surface area (Å²) in [7, 11) is 1.79. The zero-order valence-electron chi connectivity index (χ0n) is 14.3. The summed E-state index contributed by atoms with van der Waals surface area (Å²) >= 11 is 0. The Kier molecular flexibility index (Phi) is 8.15. The van der Waals surface area contributed by atoms with Crippen LogP contribution in [-0.4, -0.2) is 38.3 Å². The topological polar surface area (TPSA) is 50.4 Å². The SMILES string of the molecule is CCC1(CC)C(NC(=O)CCC2CCNCC2)CC1OC.Cl. The van der Waals surface area contributed by atoms with Gasteiger partial charge in [0.25, 0.3) is 0 Å². The summed E-state index contributed by atoms with van der Waals surface area (Å²) in [5.41, 5.74) is 0.152. The second-order valence-corrected chi connectivity index (χ2v) is 6.75. The smallest absolute Gasteiger partial charge is 0.220 e. The molecule has 4 nitrogen and oxygen atoms in total. The van der Waals surface area contributed by atoms with Gasteiger partial charge in [-0.2, -0.15) is 0 Å². The molecule has 1 heterocycles. The number of rotatable bonds is 7. The van der Waals surface area contributed by atoms with Crippen LogP contribution in [0.5, 0.6) is 0 Å². The van der Waals surface area contributed by atoms with Gasteiger partial charge in [0.2, 0.25) is 5.91 Å². The molecule has 2 fully saturated rings. The lowest BCUT2D eigenvalue weighted by atomic mass is 9.58. The highest BCUT2D eigenvalue weighted by atomic mass is 35.5. The molecule has 0 spiro atoms. The average Bonchev–Trinajstić information content (AvgIpc) is 2.51. The second-order valence-electron chi connectivity index (χ2n) is 6.75. The van der Waals surface area contributed by atoms with Crippen molar-refractivity contribution in [1.29, 1.82) is 0 Å². The van der Waals surface area contributed by atoms with Crippen LogP contribution in [0.1, 0.15) is 58.8 Å².